The van der Waals surface area contributed by atoms with Crippen LogP contribution in [0.1, 0.15) is 45.2 Å². The lowest BCUT2D eigenvalue weighted by molar-refractivity contribution is 0.0204. The van der Waals surface area contributed by atoms with Crippen LogP contribution in [0.3, 0.4) is 0 Å². The van der Waals surface area contributed by atoms with Crippen LogP contribution in [0.15, 0.2) is 28.7 Å². The van der Waals surface area contributed by atoms with Crippen molar-refractivity contribution in [2.45, 2.75) is 45.1 Å². The van der Waals surface area contributed by atoms with Gasteiger partial charge in [-0.15, -0.1) is 0 Å². The first-order valence-electron chi connectivity index (χ1n) is 8.46. The van der Waals surface area contributed by atoms with Gasteiger partial charge in [-0.05, 0) is 51.8 Å². The molecule has 1 amide bonds. The molecule has 0 bridgehead atoms. The van der Waals surface area contributed by atoms with E-state index in [1.165, 1.54) is 6.07 Å². The van der Waals surface area contributed by atoms with Gasteiger partial charge < -0.3 is 9.64 Å². The Morgan fingerprint density at radius 3 is 2.60 bits per heavy atom. The second-order valence-corrected chi connectivity index (χ2v) is 8.35. The lowest BCUT2D eigenvalue weighted by Gasteiger charge is -2.33. The second-order valence-electron chi connectivity index (χ2n) is 7.44. The molecule has 2 heterocycles. The Morgan fingerprint density at radius 2 is 1.96 bits per heavy atom. The zero-order valence-corrected chi connectivity index (χ0v) is 16.3. The molecule has 134 valence electrons. The van der Waals surface area contributed by atoms with Gasteiger partial charge in [-0.25, -0.2) is 14.2 Å². The highest BCUT2D eigenvalue weighted by molar-refractivity contribution is 9.10. The van der Waals surface area contributed by atoms with E-state index in [0.29, 0.717) is 23.1 Å². The SMILES string of the molecule is CC(C)(C)OC(=O)N1CCC(c2ccc3cc(Br)cc(F)c3n2)CC1. The van der Waals surface area contributed by atoms with Crippen LogP contribution < -0.4 is 0 Å². The molecule has 1 aromatic heterocycles. The highest BCUT2D eigenvalue weighted by Crippen LogP contribution is 2.30. The number of aromatic nitrogens is 1. The van der Waals surface area contributed by atoms with Gasteiger partial charge in [0.2, 0.25) is 0 Å². The van der Waals surface area contributed by atoms with Crippen molar-refractivity contribution < 1.29 is 13.9 Å². The molecule has 1 saturated heterocycles. The van der Waals surface area contributed by atoms with Gasteiger partial charge in [0.15, 0.2) is 5.82 Å². The van der Waals surface area contributed by atoms with Crippen molar-refractivity contribution in [2.24, 2.45) is 0 Å². The average molecular weight is 409 g/mol. The van der Waals surface area contributed by atoms with Crippen molar-refractivity contribution in [1.82, 2.24) is 9.88 Å². The van der Waals surface area contributed by atoms with Gasteiger partial charge in [0.25, 0.3) is 0 Å². The smallest absolute Gasteiger partial charge is 0.410 e. The summed E-state index contributed by atoms with van der Waals surface area (Å²) in [6.07, 6.45) is 1.33. The number of likely N-dealkylation sites (tertiary alicyclic amines) is 1. The maximum Gasteiger partial charge on any atom is 0.410 e. The number of hydrogen-bond donors (Lipinski definition) is 0. The molecule has 0 spiro atoms. The van der Waals surface area contributed by atoms with Gasteiger partial charge in [0.1, 0.15) is 11.1 Å². The van der Waals surface area contributed by atoms with Gasteiger partial charge in [0, 0.05) is 34.6 Å². The van der Waals surface area contributed by atoms with Crippen molar-refractivity contribution >= 4 is 32.9 Å². The minimum atomic E-state index is -0.486. The maximum absolute atomic E-state index is 14.2. The number of halogens is 2. The topological polar surface area (TPSA) is 42.4 Å². The summed E-state index contributed by atoms with van der Waals surface area (Å²) in [7, 11) is 0. The fourth-order valence-corrected chi connectivity index (χ4v) is 3.53. The summed E-state index contributed by atoms with van der Waals surface area (Å²) in [4.78, 5) is 18.4. The van der Waals surface area contributed by atoms with Gasteiger partial charge in [-0.1, -0.05) is 22.0 Å². The molecule has 0 saturated carbocycles. The van der Waals surface area contributed by atoms with E-state index < -0.39 is 5.60 Å². The number of fused-ring (bicyclic) bond motifs is 1. The number of carbonyl (C=O) groups is 1. The predicted molar refractivity (Wildman–Crippen MR) is 99.2 cm³/mol. The van der Waals surface area contributed by atoms with Gasteiger partial charge in [0.05, 0.1) is 0 Å². The van der Waals surface area contributed by atoms with Crippen LogP contribution in [0.25, 0.3) is 10.9 Å². The molecule has 25 heavy (non-hydrogen) atoms. The first-order valence-corrected chi connectivity index (χ1v) is 9.26. The minimum absolute atomic E-state index is 0.228. The molecule has 3 rings (SSSR count). The van der Waals surface area contributed by atoms with Crippen LogP contribution in [-0.2, 0) is 4.74 Å². The van der Waals surface area contributed by atoms with Gasteiger partial charge >= 0.3 is 6.09 Å². The van der Waals surface area contributed by atoms with E-state index in [2.05, 4.69) is 20.9 Å². The molecule has 6 heteroatoms. The summed E-state index contributed by atoms with van der Waals surface area (Å²) in [5, 5.41) is 0.779. The number of rotatable bonds is 1. The number of piperidine rings is 1. The number of amides is 1. The Morgan fingerprint density at radius 1 is 1.28 bits per heavy atom. The summed E-state index contributed by atoms with van der Waals surface area (Å²) < 4.78 is 20.3. The standard InChI is InChI=1S/C19H22BrFN2O2/c1-19(2,3)25-18(24)23-8-6-12(7-9-23)16-5-4-13-10-14(20)11-15(21)17(13)22-16/h4-5,10-12H,6-9H2,1-3H3. The third-order valence-corrected chi connectivity index (χ3v) is 4.75. The highest BCUT2D eigenvalue weighted by Gasteiger charge is 2.28. The predicted octanol–water partition coefficient (Wildman–Crippen LogP) is 5.25. The number of ether oxygens (including phenoxy) is 1. The number of nitrogens with zero attached hydrogens (tertiary/aromatic N) is 2. The summed E-state index contributed by atoms with van der Waals surface area (Å²) >= 11 is 3.30. The van der Waals surface area contributed by atoms with Crippen molar-refractivity contribution in [2.75, 3.05) is 13.1 Å². The maximum atomic E-state index is 14.2. The van der Waals surface area contributed by atoms with E-state index in [1.54, 1.807) is 4.90 Å². The molecule has 1 fully saturated rings. The molecule has 1 aliphatic heterocycles. The first kappa shape index (κ1) is 18.1. The Balaban J connectivity index is 1.71. The van der Waals surface area contributed by atoms with Crippen molar-refractivity contribution in [1.29, 1.82) is 0 Å². The summed E-state index contributed by atoms with van der Waals surface area (Å²) in [6.45, 7) is 6.85. The molecule has 0 unspecified atom stereocenters. The summed E-state index contributed by atoms with van der Waals surface area (Å²) in [6, 6.07) is 7.16. The van der Waals surface area contributed by atoms with Crippen LogP contribution in [0.5, 0.6) is 0 Å². The molecule has 0 radical (unpaired) electrons. The Kier molecular flexibility index (Phi) is 5.00. The zero-order valence-electron chi connectivity index (χ0n) is 14.7. The number of pyridine rings is 1. The molecule has 1 aromatic carbocycles. The van der Waals surface area contributed by atoms with E-state index in [9.17, 15) is 9.18 Å². The van der Waals surface area contributed by atoms with Crippen molar-refractivity contribution in [3.8, 4) is 0 Å². The molecule has 4 nitrogen and oxygen atoms in total. The van der Waals surface area contributed by atoms with Crippen LogP contribution in [0.2, 0.25) is 0 Å². The lowest BCUT2D eigenvalue weighted by atomic mass is 9.93. The van der Waals surface area contributed by atoms with E-state index in [0.717, 1.165) is 23.9 Å². The monoisotopic (exact) mass is 408 g/mol. The van der Waals surface area contributed by atoms with Crippen LogP contribution in [0, 0.1) is 5.82 Å². The number of hydrogen-bond acceptors (Lipinski definition) is 3. The van der Waals surface area contributed by atoms with E-state index in [1.807, 2.05) is 39.0 Å². The van der Waals surface area contributed by atoms with Crippen LogP contribution in [-0.4, -0.2) is 34.7 Å². The zero-order chi connectivity index (χ0) is 18.2. The second kappa shape index (κ2) is 6.90. The first-order chi connectivity index (χ1) is 11.7. The fraction of sp³-hybridized carbons (Fsp3) is 0.474. The molecule has 0 atom stereocenters. The van der Waals surface area contributed by atoms with Crippen molar-refractivity contribution in [3.63, 3.8) is 0 Å². The molecular formula is C19H22BrFN2O2. The molecule has 0 N–H and O–H groups in total. The van der Waals surface area contributed by atoms with Crippen LogP contribution >= 0.6 is 15.9 Å². The third-order valence-electron chi connectivity index (χ3n) is 4.30. The molecule has 1 aliphatic rings. The van der Waals surface area contributed by atoms with Gasteiger partial charge in [-0.2, -0.15) is 0 Å². The lowest BCUT2D eigenvalue weighted by Crippen LogP contribution is -2.41. The van der Waals surface area contributed by atoms with E-state index in [4.69, 9.17) is 4.74 Å². The number of benzene rings is 1. The van der Waals surface area contributed by atoms with E-state index in [-0.39, 0.29) is 17.8 Å². The quantitative estimate of drug-likeness (QED) is 0.646. The third kappa shape index (κ3) is 4.29. The fourth-order valence-electron chi connectivity index (χ4n) is 3.08. The van der Waals surface area contributed by atoms with Gasteiger partial charge in [-0.3, -0.25) is 0 Å². The Labute approximate surface area is 155 Å². The Bertz CT molecular complexity index is 796. The molecule has 0 aliphatic carbocycles. The molecule has 2 aromatic rings. The largest absolute Gasteiger partial charge is 0.444 e. The van der Waals surface area contributed by atoms with Crippen LogP contribution in [0.4, 0.5) is 9.18 Å². The van der Waals surface area contributed by atoms with Crippen molar-refractivity contribution in [3.05, 3.63) is 40.2 Å². The molecular weight excluding hydrogens is 387 g/mol. The highest BCUT2D eigenvalue weighted by atomic mass is 79.9. The summed E-state index contributed by atoms with van der Waals surface area (Å²) in [5.74, 6) is -0.0939. The Hall–Kier alpha value is -1.69. The number of carbonyl (C=O) groups excluding carboxylic acids is 1. The van der Waals surface area contributed by atoms with E-state index >= 15 is 0 Å². The average Bonchev–Trinajstić information content (AvgIpc) is 2.53. The normalized spacial score (nSPS) is 16.3. The summed E-state index contributed by atoms with van der Waals surface area (Å²) in [5.41, 5.74) is 0.799. The minimum Gasteiger partial charge on any atom is -0.444 e.